The summed E-state index contributed by atoms with van der Waals surface area (Å²) in [5, 5.41) is 4.81. The summed E-state index contributed by atoms with van der Waals surface area (Å²) in [4.78, 5) is 29.3. The Bertz CT molecular complexity index is 1010. The van der Waals surface area contributed by atoms with Crippen molar-refractivity contribution < 1.29 is 18.0 Å². The van der Waals surface area contributed by atoms with E-state index in [0.29, 0.717) is 22.7 Å². The van der Waals surface area contributed by atoms with Gasteiger partial charge in [0.1, 0.15) is 18.4 Å². The van der Waals surface area contributed by atoms with Gasteiger partial charge in [0.2, 0.25) is 5.91 Å². The maximum Gasteiger partial charge on any atom is 0.405 e. The molecule has 0 saturated carbocycles. The second kappa shape index (κ2) is 8.38. The Kier molecular flexibility index (Phi) is 5.90. The van der Waals surface area contributed by atoms with Crippen molar-refractivity contribution in [2.24, 2.45) is 5.92 Å². The van der Waals surface area contributed by atoms with Gasteiger partial charge >= 0.3 is 6.18 Å². The van der Waals surface area contributed by atoms with Gasteiger partial charge in [-0.25, -0.2) is 9.97 Å². The fraction of sp³-hybridized carbons (Fsp3) is 0.316. The Morgan fingerprint density at radius 2 is 1.76 bits per heavy atom. The van der Waals surface area contributed by atoms with Gasteiger partial charge in [0.15, 0.2) is 5.82 Å². The number of alkyl halides is 3. The van der Waals surface area contributed by atoms with Crippen LogP contribution in [0.4, 0.5) is 19.0 Å². The van der Waals surface area contributed by atoms with E-state index in [1.165, 1.54) is 6.20 Å². The van der Waals surface area contributed by atoms with Crippen molar-refractivity contribution in [3.8, 4) is 11.4 Å². The number of halogens is 3. The molecule has 0 unspecified atom stereocenters. The van der Waals surface area contributed by atoms with Crippen LogP contribution in [0.15, 0.2) is 42.9 Å². The van der Waals surface area contributed by atoms with Gasteiger partial charge < -0.3 is 10.6 Å². The molecule has 2 heterocycles. The summed E-state index contributed by atoms with van der Waals surface area (Å²) in [6, 6.07) is 6.05. The molecule has 0 spiro atoms. The average Bonchev–Trinajstić information content (AvgIpc) is 2.69. The van der Waals surface area contributed by atoms with Gasteiger partial charge in [-0.05, 0) is 30.2 Å². The molecule has 0 bridgehead atoms. The van der Waals surface area contributed by atoms with Crippen LogP contribution in [0.2, 0.25) is 0 Å². The first kappa shape index (κ1) is 20.4. The van der Waals surface area contributed by atoms with Crippen LogP contribution in [0.25, 0.3) is 22.4 Å². The Morgan fingerprint density at radius 1 is 1.03 bits per heavy atom. The molecule has 7 nitrogen and oxygen atoms in total. The number of rotatable bonds is 6. The molecule has 1 aromatic carbocycles. The zero-order chi connectivity index (χ0) is 21.0. The van der Waals surface area contributed by atoms with Gasteiger partial charge in [0.25, 0.3) is 0 Å². The lowest BCUT2D eigenvalue weighted by atomic mass is 10.0. The van der Waals surface area contributed by atoms with Gasteiger partial charge in [0, 0.05) is 24.2 Å². The summed E-state index contributed by atoms with van der Waals surface area (Å²) in [7, 11) is 0. The van der Waals surface area contributed by atoms with Crippen molar-refractivity contribution in [1.29, 1.82) is 0 Å². The molecule has 3 rings (SSSR count). The number of hydrogen-bond acceptors (Lipinski definition) is 6. The number of aromatic nitrogens is 4. The lowest BCUT2D eigenvalue weighted by Crippen LogP contribution is -2.46. The zero-order valence-corrected chi connectivity index (χ0v) is 15.7. The first-order valence-electron chi connectivity index (χ1n) is 8.88. The van der Waals surface area contributed by atoms with E-state index in [-0.39, 0.29) is 5.92 Å². The minimum atomic E-state index is -4.47. The molecule has 29 heavy (non-hydrogen) atoms. The predicted octanol–water partition coefficient (Wildman–Crippen LogP) is 3.20. The molecule has 0 fully saturated rings. The summed E-state index contributed by atoms with van der Waals surface area (Å²) in [6.07, 6.45) is 0.214. The van der Waals surface area contributed by atoms with Crippen LogP contribution >= 0.6 is 0 Å². The SMILES string of the molecule is CC(C)[C@@H](Nc1ccnc(-c2ccc3nccnc3c2)n1)C(=O)NCC(F)(F)F. The maximum absolute atomic E-state index is 12.4. The van der Waals surface area contributed by atoms with Crippen molar-refractivity contribution in [3.05, 3.63) is 42.9 Å². The topological polar surface area (TPSA) is 92.7 Å². The summed E-state index contributed by atoms with van der Waals surface area (Å²) >= 11 is 0. The summed E-state index contributed by atoms with van der Waals surface area (Å²) in [5.41, 5.74) is 2.11. The molecule has 1 atom stereocenters. The second-order valence-corrected chi connectivity index (χ2v) is 6.72. The number of anilines is 1. The van der Waals surface area contributed by atoms with Gasteiger partial charge in [-0.1, -0.05) is 13.8 Å². The number of fused-ring (bicyclic) bond motifs is 1. The van der Waals surface area contributed by atoms with Crippen molar-refractivity contribution in [2.45, 2.75) is 26.1 Å². The Hall–Kier alpha value is -3.30. The van der Waals surface area contributed by atoms with E-state index < -0.39 is 24.7 Å². The van der Waals surface area contributed by atoms with Gasteiger partial charge in [0.05, 0.1) is 11.0 Å². The van der Waals surface area contributed by atoms with Gasteiger partial charge in [-0.2, -0.15) is 13.2 Å². The highest BCUT2D eigenvalue weighted by molar-refractivity contribution is 5.85. The molecule has 2 N–H and O–H groups in total. The number of nitrogens with zero attached hydrogens (tertiary/aromatic N) is 4. The molecule has 10 heteroatoms. The summed E-state index contributed by atoms with van der Waals surface area (Å²) < 4.78 is 37.2. The molecule has 0 aliphatic carbocycles. The molecular formula is C19H19F3N6O. The van der Waals surface area contributed by atoms with E-state index in [1.54, 1.807) is 50.5 Å². The van der Waals surface area contributed by atoms with E-state index in [0.717, 1.165) is 5.52 Å². The smallest absolute Gasteiger partial charge is 0.358 e. The summed E-state index contributed by atoms with van der Waals surface area (Å²) in [5.74, 6) is -0.299. The van der Waals surface area contributed by atoms with Crippen molar-refractivity contribution in [3.63, 3.8) is 0 Å². The first-order valence-corrected chi connectivity index (χ1v) is 8.88. The Balaban J connectivity index is 1.80. The molecule has 0 radical (unpaired) electrons. The predicted molar refractivity (Wildman–Crippen MR) is 102 cm³/mol. The Labute approximate surface area is 164 Å². The molecule has 152 valence electrons. The zero-order valence-electron chi connectivity index (χ0n) is 15.7. The second-order valence-electron chi connectivity index (χ2n) is 6.72. The van der Waals surface area contributed by atoms with Crippen LogP contribution in [0.1, 0.15) is 13.8 Å². The minimum Gasteiger partial charge on any atom is -0.358 e. The van der Waals surface area contributed by atoms with Crippen LogP contribution < -0.4 is 10.6 Å². The molecule has 0 aliphatic heterocycles. The highest BCUT2D eigenvalue weighted by atomic mass is 19.4. The molecule has 3 aromatic rings. The monoisotopic (exact) mass is 404 g/mol. The number of hydrogen-bond donors (Lipinski definition) is 2. The van der Waals surface area contributed by atoms with E-state index >= 15 is 0 Å². The van der Waals surface area contributed by atoms with Gasteiger partial charge in [-0.3, -0.25) is 14.8 Å². The quantitative estimate of drug-likeness (QED) is 0.656. The highest BCUT2D eigenvalue weighted by Gasteiger charge is 2.30. The third-order valence-electron chi connectivity index (χ3n) is 4.10. The third-order valence-corrected chi connectivity index (χ3v) is 4.10. The fourth-order valence-corrected chi connectivity index (χ4v) is 2.67. The van der Waals surface area contributed by atoms with E-state index in [1.807, 2.05) is 5.32 Å². The first-order chi connectivity index (χ1) is 13.7. The lowest BCUT2D eigenvalue weighted by molar-refractivity contribution is -0.139. The molecule has 1 amide bonds. The van der Waals surface area contributed by atoms with Crippen LogP contribution in [0.5, 0.6) is 0 Å². The number of carbonyl (C=O) groups is 1. The average molecular weight is 404 g/mol. The van der Waals surface area contributed by atoms with E-state index in [4.69, 9.17) is 0 Å². The summed E-state index contributed by atoms with van der Waals surface area (Å²) in [6.45, 7) is 2.08. The number of carbonyl (C=O) groups excluding carboxylic acids is 1. The largest absolute Gasteiger partial charge is 0.405 e. The normalized spacial score (nSPS) is 12.8. The minimum absolute atomic E-state index is 0.266. The molecular weight excluding hydrogens is 385 g/mol. The third kappa shape index (κ3) is 5.37. The van der Waals surface area contributed by atoms with Crippen molar-refractivity contribution >= 4 is 22.8 Å². The van der Waals surface area contributed by atoms with Crippen LogP contribution in [-0.4, -0.2) is 44.6 Å². The number of amides is 1. The molecule has 0 saturated heterocycles. The van der Waals surface area contributed by atoms with Crippen molar-refractivity contribution in [1.82, 2.24) is 25.3 Å². The van der Waals surface area contributed by atoms with Crippen molar-refractivity contribution in [2.75, 3.05) is 11.9 Å². The van der Waals surface area contributed by atoms with Crippen LogP contribution in [-0.2, 0) is 4.79 Å². The maximum atomic E-state index is 12.4. The fourth-order valence-electron chi connectivity index (χ4n) is 2.67. The number of nitrogens with one attached hydrogen (secondary N) is 2. The standard InChI is InChI=1S/C19H19F3N6O/c1-11(2)16(18(29)26-10-19(20,21)22)27-15-5-6-25-17(28-15)12-3-4-13-14(9-12)24-8-7-23-13/h3-9,11,16H,10H2,1-2H3,(H,26,29)(H,25,27,28)/t16-/m1/s1. The van der Waals surface area contributed by atoms with Gasteiger partial charge in [-0.15, -0.1) is 0 Å². The highest BCUT2D eigenvalue weighted by Crippen LogP contribution is 2.21. The van der Waals surface area contributed by atoms with E-state index in [9.17, 15) is 18.0 Å². The Morgan fingerprint density at radius 3 is 2.45 bits per heavy atom. The lowest BCUT2D eigenvalue weighted by Gasteiger charge is -2.22. The number of benzene rings is 1. The van der Waals surface area contributed by atoms with Crippen LogP contribution in [0, 0.1) is 5.92 Å². The molecule has 0 aliphatic rings. The van der Waals surface area contributed by atoms with E-state index in [2.05, 4.69) is 25.3 Å². The van der Waals surface area contributed by atoms with Crippen LogP contribution in [0.3, 0.4) is 0 Å². The molecule has 2 aromatic heterocycles.